The molecule has 16 heavy (non-hydrogen) atoms. The summed E-state index contributed by atoms with van der Waals surface area (Å²) in [5, 5.41) is 0.535. The van der Waals surface area contributed by atoms with Crippen LogP contribution in [0.1, 0.15) is 13.8 Å². The second-order valence-electron chi connectivity index (χ2n) is 3.08. The predicted octanol–water partition coefficient (Wildman–Crippen LogP) is 2.31. The van der Waals surface area contributed by atoms with E-state index < -0.39 is 10.3 Å². The highest BCUT2D eigenvalue weighted by atomic mass is 35.5. The molecule has 0 bridgehead atoms. The van der Waals surface area contributed by atoms with Crippen molar-refractivity contribution >= 4 is 21.9 Å². The van der Waals surface area contributed by atoms with E-state index in [-0.39, 0.29) is 5.75 Å². The Morgan fingerprint density at radius 2 is 1.69 bits per heavy atom. The molecule has 1 aromatic carbocycles. The van der Waals surface area contributed by atoms with Crippen molar-refractivity contribution in [2.45, 2.75) is 13.8 Å². The topological polar surface area (TPSA) is 46.6 Å². The zero-order chi connectivity index (χ0) is 12.2. The summed E-state index contributed by atoms with van der Waals surface area (Å²) in [4.78, 5) is 0. The molecule has 0 fully saturated rings. The number of halogens is 1. The van der Waals surface area contributed by atoms with Gasteiger partial charge in [0, 0.05) is 18.1 Å². The summed E-state index contributed by atoms with van der Waals surface area (Å²) >= 11 is 5.68. The maximum atomic E-state index is 11.7. The van der Waals surface area contributed by atoms with Gasteiger partial charge in [0.15, 0.2) is 0 Å². The Hall–Kier alpha value is -0.780. The summed E-state index contributed by atoms with van der Waals surface area (Å²) in [5.41, 5.74) is 0. The summed E-state index contributed by atoms with van der Waals surface area (Å²) in [5.74, 6) is 0.260. The van der Waals surface area contributed by atoms with Crippen molar-refractivity contribution in [3.63, 3.8) is 0 Å². The molecule has 4 nitrogen and oxygen atoms in total. The first kappa shape index (κ1) is 13.3. The summed E-state index contributed by atoms with van der Waals surface area (Å²) in [6.45, 7) is 4.28. The van der Waals surface area contributed by atoms with Crippen molar-refractivity contribution < 1.29 is 12.6 Å². The first-order chi connectivity index (χ1) is 7.49. The molecular weight excluding hydrogens is 250 g/mol. The van der Waals surface area contributed by atoms with E-state index >= 15 is 0 Å². The lowest BCUT2D eigenvalue weighted by Gasteiger charge is -2.17. The Kier molecular flexibility index (Phi) is 4.58. The van der Waals surface area contributed by atoms with Gasteiger partial charge in [-0.3, -0.25) is 0 Å². The molecule has 0 spiro atoms. The molecule has 0 aliphatic heterocycles. The molecule has 0 unspecified atom stereocenters. The minimum absolute atomic E-state index is 0.260. The van der Waals surface area contributed by atoms with Gasteiger partial charge >= 0.3 is 10.3 Å². The molecule has 0 saturated carbocycles. The Labute approximate surface area is 101 Å². The fourth-order valence-corrected chi connectivity index (χ4v) is 2.42. The first-order valence-corrected chi connectivity index (χ1v) is 6.69. The molecule has 1 aromatic rings. The highest BCUT2D eigenvalue weighted by Crippen LogP contribution is 2.18. The van der Waals surface area contributed by atoms with Crippen LogP contribution in [0, 0.1) is 0 Å². The summed E-state index contributed by atoms with van der Waals surface area (Å²) in [7, 11) is -3.70. The van der Waals surface area contributed by atoms with Crippen molar-refractivity contribution in [2.75, 3.05) is 13.1 Å². The van der Waals surface area contributed by atoms with E-state index in [9.17, 15) is 8.42 Å². The van der Waals surface area contributed by atoms with Crippen LogP contribution >= 0.6 is 11.6 Å². The maximum Gasteiger partial charge on any atom is 0.385 e. The summed E-state index contributed by atoms with van der Waals surface area (Å²) in [6.07, 6.45) is 0. The molecule has 0 atom stereocenters. The molecule has 0 aliphatic rings. The SMILES string of the molecule is CCN(CC)S(=O)(=O)Oc1ccc(Cl)cc1. The molecule has 0 aliphatic carbocycles. The van der Waals surface area contributed by atoms with E-state index in [0.717, 1.165) is 0 Å². The standard InChI is InChI=1S/C10H14ClNO3S/c1-3-12(4-2)16(13,14)15-10-7-5-9(11)6-8-10/h5-8H,3-4H2,1-2H3. The molecule has 0 heterocycles. The molecule has 1 rings (SSSR count). The van der Waals surface area contributed by atoms with Crippen LogP contribution in [0.2, 0.25) is 5.02 Å². The van der Waals surface area contributed by atoms with Crippen LogP contribution in [0.3, 0.4) is 0 Å². The summed E-state index contributed by atoms with van der Waals surface area (Å²) < 4.78 is 29.6. The second-order valence-corrected chi connectivity index (χ2v) is 5.05. The van der Waals surface area contributed by atoms with Crippen molar-refractivity contribution in [3.8, 4) is 5.75 Å². The van der Waals surface area contributed by atoms with Gasteiger partial charge in [0.05, 0.1) is 0 Å². The number of nitrogens with zero attached hydrogens (tertiary/aromatic N) is 1. The Morgan fingerprint density at radius 3 is 2.12 bits per heavy atom. The molecule has 6 heteroatoms. The molecule has 0 amide bonds. The van der Waals surface area contributed by atoms with E-state index in [1.54, 1.807) is 26.0 Å². The average molecular weight is 264 g/mol. The van der Waals surface area contributed by atoms with Crippen molar-refractivity contribution in [1.82, 2.24) is 4.31 Å². The van der Waals surface area contributed by atoms with Crippen LogP contribution in [-0.2, 0) is 10.3 Å². The number of hydrogen-bond acceptors (Lipinski definition) is 3. The average Bonchev–Trinajstić information content (AvgIpc) is 2.22. The number of hydrogen-bond donors (Lipinski definition) is 0. The normalized spacial score (nSPS) is 11.8. The number of benzene rings is 1. The van der Waals surface area contributed by atoms with Crippen molar-refractivity contribution in [1.29, 1.82) is 0 Å². The smallest absolute Gasteiger partial charge is 0.371 e. The van der Waals surface area contributed by atoms with Gasteiger partial charge in [-0.1, -0.05) is 25.4 Å². The maximum absolute atomic E-state index is 11.7. The molecular formula is C10H14ClNO3S. The predicted molar refractivity (Wildman–Crippen MR) is 63.9 cm³/mol. The van der Waals surface area contributed by atoms with Gasteiger partial charge in [0.25, 0.3) is 0 Å². The van der Waals surface area contributed by atoms with Gasteiger partial charge < -0.3 is 4.18 Å². The summed E-state index contributed by atoms with van der Waals surface area (Å²) in [6, 6.07) is 6.19. The zero-order valence-electron chi connectivity index (χ0n) is 9.18. The van der Waals surface area contributed by atoms with E-state index in [0.29, 0.717) is 18.1 Å². The highest BCUT2D eigenvalue weighted by Gasteiger charge is 2.20. The first-order valence-electron chi connectivity index (χ1n) is 4.94. The van der Waals surface area contributed by atoms with E-state index in [1.165, 1.54) is 16.4 Å². The van der Waals surface area contributed by atoms with Crippen LogP contribution in [-0.4, -0.2) is 25.8 Å². The van der Waals surface area contributed by atoms with Crippen LogP contribution in [0.4, 0.5) is 0 Å². The van der Waals surface area contributed by atoms with Crippen LogP contribution in [0.25, 0.3) is 0 Å². The van der Waals surface area contributed by atoms with E-state index in [4.69, 9.17) is 15.8 Å². The second kappa shape index (κ2) is 5.52. The lowest BCUT2D eigenvalue weighted by molar-refractivity contribution is 0.376. The van der Waals surface area contributed by atoms with Gasteiger partial charge in [-0.05, 0) is 24.3 Å². The van der Waals surface area contributed by atoms with E-state index in [2.05, 4.69) is 0 Å². The molecule has 0 aromatic heterocycles. The fourth-order valence-electron chi connectivity index (χ4n) is 1.20. The largest absolute Gasteiger partial charge is 0.385 e. The Bertz CT molecular complexity index is 426. The number of rotatable bonds is 5. The van der Waals surface area contributed by atoms with Gasteiger partial charge in [0.1, 0.15) is 5.75 Å². The Balaban J connectivity index is 2.84. The molecule has 90 valence electrons. The van der Waals surface area contributed by atoms with Gasteiger partial charge in [-0.15, -0.1) is 0 Å². The highest BCUT2D eigenvalue weighted by molar-refractivity contribution is 7.84. The third-order valence-electron chi connectivity index (χ3n) is 2.04. The molecule has 0 N–H and O–H groups in total. The Morgan fingerprint density at radius 1 is 1.19 bits per heavy atom. The molecule has 0 radical (unpaired) electrons. The van der Waals surface area contributed by atoms with Gasteiger partial charge in [0.2, 0.25) is 0 Å². The van der Waals surface area contributed by atoms with Crippen LogP contribution < -0.4 is 4.18 Å². The van der Waals surface area contributed by atoms with Crippen LogP contribution in [0.15, 0.2) is 24.3 Å². The fraction of sp³-hybridized carbons (Fsp3) is 0.400. The third-order valence-corrected chi connectivity index (χ3v) is 3.84. The minimum Gasteiger partial charge on any atom is -0.371 e. The lowest BCUT2D eigenvalue weighted by Crippen LogP contribution is -2.34. The van der Waals surface area contributed by atoms with Crippen molar-refractivity contribution in [2.24, 2.45) is 0 Å². The molecule has 0 saturated heterocycles. The van der Waals surface area contributed by atoms with Gasteiger partial charge in [-0.2, -0.15) is 12.7 Å². The quantitative estimate of drug-likeness (QED) is 0.819. The van der Waals surface area contributed by atoms with E-state index in [1.807, 2.05) is 0 Å². The minimum atomic E-state index is -3.70. The van der Waals surface area contributed by atoms with Gasteiger partial charge in [-0.25, -0.2) is 0 Å². The zero-order valence-corrected chi connectivity index (χ0v) is 10.8. The van der Waals surface area contributed by atoms with Crippen LogP contribution in [0.5, 0.6) is 5.75 Å². The lowest BCUT2D eigenvalue weighted by atomic mass is 10.3. The third kappa shape index (κ3) is 3.37. The van der Waals surface area contributed by atoms with Crippen molar-refractivity contribution in [3.05, 3.63) is 29.3 Å². The monoisotopic (exact) mass is 263 g/mol.